The Hall–Kier alpha value is -2.00. The van der Waals surface area contributed by atoms with Gasteiger partial charge in [0.1, 0.15) is 0 Å². The normalized spacial score (nSPS) is 18.5. The zero-order valence-corrected chi connectivity index (χ0v) is 12.8. The summed E-state index contributed by atoms with van der Waals surface area (Å²) in [4.78, 5) is 29.0. The van der Waals surface area contributed by atoms with Crippen molar-refractivity contribution in [3.63, 3.8) is 0 Å². The lowest BCUT2D eigenvalue weighted by molar-refractivity contribution is -0.127. The van der Waals surface area contributed by atoms with Crippen molar-refractivity contribution < 1.29 is 18.0 Å². The van der Waals surface area contributed by atoms with Gasteiger partial charge in [-0.05, 0) is 12.1 Å². The monoisotopic (exact) mass is 326 g/mol. The van der Waals surface area contributed by atoms with E-state index in [1.807, 2.05) is 0 Å². The fraction of sp³-hybridized carbons (Fsp3) is 0.462. The number of nitrogens with two attached hydrogens (primary N) is 1. The molecule has 2 rings (SSSR count). The molecular formula is C13H18N4O4S. The molecule has 0 bridgehead atoms. The summed E-state index contributed by atoms with van der Waals surface area (Å²) in [6.45, 7) is 0.978. The zero-order chi connectivity index (χ0) is 16.2. The minimum absolute atomic E-state index is 0.121. The van der Waals surface area contributed by atoms with Crippen molar-refractivity contribution in [2.75, 3.05) is 25.4 Å². The molecule has 0 aliphatic carbocycles. The fourth-order valence-corrected chi connectivity index (χ4v) is 3.29. The highest BCUT2D eigenvalue weighted by atomic mass is 32.2. The molecule has 2 amide bonds. The van der Waals surface area contributed by atoms with Crippen LogP contribution in [0.1, 0.15) is 16.8 Å². The minimum Gasteiger partial charge on any atom is -0.350 e. The Labute approximate surface area is 128 Å². The number of hydrogen-bond donors (Lipinski definition) is 2. The number of carbonyl (C=O) groups excluding carboxylic acids is 2. The van der Waals surface area contributed by atoms with E-state index in [-0.39, 0.29) is 29.9 Å². The number of likely N-dealkylation sites (tertiary alicyclic amines) is 1. The van der Waals surface area contributed by atoms with Crippen molar-refractivity contribution in [1.29, 1.82) is 0 Å². The van der Waals surface area contributed by atoms with E-state index in [1.54, 1.807) is 23.2 Å². The quantitative estimate of drug-likeness (QED) is 0.690. The average Bonchev–Trinajstić information content (AvgIpc) is 2.77. The van der Waals surface area contributed by atoms with Crippen LogP contribution in [0.4, 0.5) is 0 Å². The third kappa shape index (κ3) is 4.78. The molecule has 0 saturated carbocycles. The summed E-state index contributed by atoms with van der Waals surface area (Å²) >= 11 is 0. The number of nitrogens with one attached hydrogen (secondary N) is 1. The molecule has 1 aliphatic rings. The third-order valence-electron chi connectivity index (χ3n) is 3.35. The molecule has 1 aliphatic heterocycles. The van der Waals surface area contributed by atoms with Gasteiger partial charge >= 0.3 is 0 Å². The molecular weight excluding hydrogens is 308 g/mol. The van der Waals surface area contributed by atoms with E-state index < -0.39 is 10.0 Å². The van der Waals surface area contributed by atoms with Crippen LogP contribution in [-0.4, -0.2) is 55.5 Å². The molecule has 1 aromatic rings. The molecule has 2 heterocycles. The van der Waals surface area contributed by atoms with Crippen molar-refractivity contribution >= 4 is 21.8 Å². The Balaban J connectivity index is 1.78. The van der Waals surface area contributed by atoms with Gasteiger partial charge in [-0.1, -0.05) is 0 Å². The molecule has 1 atom stereocenters. The number of pyridine rings is 1. The lowest BCUT2D eigenvalue weighted by Crippen LogP contribution is -2.36. The van der Waals surface area contributed by atoms with Gasteiger partial charge < -0.3 is 10.2 Å². The van der Waals surface area contributed by atoms with E-state index in [2.05, 4.69) is 10.3 Å². The van der Waals surface area contributed by atoms with Crippen LogP contribution in [0.3, 0.4) is 0 Å². The number of amides is 2. The van der Waals surface area contributed by atoms with Crippen molar-refractivity contribution in [3.8, 4) is 0 Å². The van der Waals surface area contributed by atoms with Crippen LogP contribution in [0.5, 0.6) is 0 Å². The first kappa shape index (κ1) is 16.4. The van der Waals surface area contributed by atoms with Gasteiger partial charge in [0.05, 0.1) is 11.3 Å². The summed E-state index contributed by atoms with van der Waals surface area (Å²) in [6, 6.07) is 3.31. The maximum atomic E-state index is 11.8. The van der Waals surface area contributed by atoms with Gasteiger partial charge in [-0.15, -0.1) is 0 Å². The molecule has 9 heteroatoms. The molecule has 1 fully saturated rings. The molecule has 0 aromatic carbocycles. The van der Waals surface area contributed by atoms with Crippen LogP contribution in [0.25, 0.3) is 0 Å². The first-order valence-electron chi connectivity index (χ1n) is 6.81. The van der Waals surface area contributed by atoms with Gasteiger partial charge in [-0.3, -0.25) is 14.6 Å². The van der Waals surface area contributed by atoms with Crippen molar-refractivity contribution in [1.82, 2.24) is 15.2 Å². The third-order valence-corrected chi connectivity index (χ3v) is 4.29. The zero-order valence-electron chi connectivity index (χ0n) is 11.9. The Bertz CT molecular complexity index is 647. The predicted molar refractivity (Wildman–Crippen MR) is 79.2 cm³/mol. The van der Waals surface area contributed by atoms with Crippen LogP contribution in [0, 0.1) is 5.92 Å². The van der Waals surface area contributed by atoms with E-state index in [4.69, 9.17) is 5.14 Å². The summed E-state index contributed by atoms with van der Waals surface area (Å²) in [6.07, 6.45) is 3.21. The predicted octanol–water partition coefficient (Wildman–Crippen LogP) is -1.05. The van der Waals surface area contributed by atoms with Crippen LogP contribution < -0.4 is 10.5 Å². The standard InChI is InChI=1S/C13H18N4O4S/c14-22(20,21)9-10-6-12(18)17(8-10)5-4-16-13(19)11-2-1-3-15-7-11/h1-3,7,10H,4-6,8-9H2,(H,16,19)(H2,14,20,21). The maximum absolute atomic E-state index is 11.8. The number of primary sulfonamides is 1. The SMILES string of the molecule is NS(=O)(=O)CC1CC(=O)N(CCNC(=O)c2cccnc2)C1. The van der Waals surface area contributed by atoms with E-state index in [0.29, 0.717) is 25.2 Å². The number of hydrogen-bond acceptors (Lipinski definition) is 5. The molecule has 22 heavy (non-hydrogen) atoms. The second-order valence-electron chi connectivity index (χ2n) is 5.24. The molecule has 8 nitrogen and oxygen atoms in total. The molecule has 1 aromatic heterocycles. The largest absolute Gasteiger partial charge is 0.350 e. The lowest BCUT2D eigenvalue weighted by atomic mass is 10.1. The van der Waals surface area contributed by atoms with E-state index >= 15 is 0 Å². The second-order valence-corrected chi connectivity index (χ2v) is 6.90. The molecule has 0 spiro atoms. The molecule has 3 N–H and O–H groups in total. The average molecular weight is 326 g/mol. The number of nitrogens with zero attached hydrogens (tertiary/aromatic N) is 2. The molecule has 0 radical (unpaired) electrons. The fourth-order valence-electron chi connectivity index (χ4n) is 2.41. The van der Waals surface area contributed by atoms with Crippen molar-refractivity contribution in [3.05, 3.63) is 30.1 Å². The number of sulfonamides is 1. The Morgan fingerprint density at radius 3 is 2.91 bits per heavy atom. The smallest absolute Gasteiger partial charge is 0.252 e. The van der Waals surface area contributed by atoms with Gasteiger partial charge in [0, 0.05) is 44.4 Å². The first-order valence-corrected chi connectivity index (χ1v) is 8.53. The Morgan fingerprint density at radius 2 is 2.27 bits per heavy atom. The van der Waals surface area contributed by atoms with Crippen LogP contribution in [-0.2, 0) is 14.8 Å². The lowest BCUT2D eigenvalue weighted by Gasteiger charge is -2.16. The minimum atomic E-state index is -3.58. The topological polar surface area (TPSA) is 122 Å². The maximum Gasteiger partial charge on any atom is 0.252 e. The summed E-state index contributed by atoms with van der Waals surface area (Å²) < 4.78 is 22.1. The number of carbonyl (C=O) groups is 2. The molecule has 1 saturated heterocycles. The summed E-state index contributed by atoms with van der Waals surface area (Å²) in [5, 5.41) is 7.68. The number of aromatic nitrogens is 1. The van der Waals surface area contributed by atoms with E-state index in [9.17, 15) is 18.0 Å². The van der Waals surface area contributed by atoms with Gasteiger partial charge in [0.15, 0.2) is 0 Å². The van der Waals surface area contributed by atoms with Gasteiger partial charge in [0.2, 0.25) is 15.9 Å². The van der Waals surface area contributed by atoms with Crippen molar-refractivity contribution in [2.24, 2.45) is 11.1 Å². The summed E-state index contributed by atoms with van der Waals surface area (Å²) in [5.41, 5.74) is 0.447. The van der Waals surface area contributed by atoms with Crippen LogP contribution in [0.2, 0.25) is 0 Å². The van der Waals surface area contributed by atoms with E-state index in [1.165, 1.54) is 6.20 Å². The summed E-state index contributed by atoms with van der Waals surface area (Å²) in [5.74, 6) is -0.862. The number of rotatable bonds is 6. The highest BCUT2D eigenvalue weighted by molar-refractivity contribution is 7.89. The highest BCUT2D eigenvalue weighted by Crippen LogP contribution is 2.18. The Kier molecular flexibility index (Phi) is 5.09. The second kappa shape index (κ2) is 6.84. The van der Waals surface area contributed by atoms with Gasteiger partial charge in [0.25, 0.3) is 5.91 Å². The van der Waals surface area contributed by atoms with Gasteiger partial charge in [-0.2, -0.15) is 0 Å². The van der Waals surface area contributed by atoms with Crippen LogP contribution in [0.15, 0.2) is 24.5 Å². The summed E-state index contributed by atoms with van der Waals surface area (Å²) in [7, 11) is -3.58. The highest BCUT2D eigenvalue weighted by Gasteiger charge is 2.31. The molecule has 120 valence electrons. The first-order chi connectivity index (χ1) is 10.3. The van der Waals surface area contributed by atoms with E-state index in [0.717, 1.165) is 0 Å². The molecule has 1 unspecified atom stereocenters. The Morgan fingerprint density at radius 1 is 1.50 bits per heavy atom. The van der Waals surface area contributed by atoms with Crippen LogP contribution >= 0.6 is 0 Å². The van der Waals surface area contributed by atoms with Gasteiger partial charge in [-0.25, -0.2) is 13.6 Å². The van der Waals surface area contributed by atoms with Crippen molar-refractivity contribution in [2.45, 2.75) is 6.42 Å².